The largest absolute Gasteiger partial charge is 0.482 e. The molecule has 2 aliphatic rings. The number of fused-ring (bicyclic) bond motifs is 1. The average molecular weight is 387 g/mol. The van der Waals surface area contributed by atoms with E-state index in [0.717, 1.165) is 22.6 Å². The number of nitrogens with one attached hydrogen (secondary N) is 2. The van der Waals surface area contributed by atoms with Crippen LogP contribution in [0.15, 0.2) is 36.4 Å². The molecule has 2 aromatic rings. The van der Waals surface area contributed by atoms with Crippen LogP contribution >= 0.6 is 0 Å². The Morgan fingerprint density at radius 2 is 1.96 bits per heavy atom. The van der Waals surface area contributed by atoms with E-state index in [0.29, 0.717) is 37.4 Å². The Kier molecular flexibility index (Phi) is 5.07. The van der Waals surface area contributed by atoms with Crippen LogP contribution in [-0.4, -0.2) is 32.0 Å². The Hall–Kier alpha value is -2.83. The van der Waals surface area contributed by atoms with Crippen LogP contribution in [0.1, 0.15) is 18.4 Å². The van der Waals surface area contributed by atoms with Crippen molar-refractivity contribution < 1.29 is 18.3 Å². The molecule has 2 aromatic carbocycles. The van der Waals surface area contributed by atoms with Gasteiger partial charge in [-0.15, -0.1) is 0 Å². The highest BCUT2D eigenvalue weighted by Crippen LogP contribution is 2.34. The second-order valence-corrected chi connectivity index (χ2v) is 7.33. The van der Waals surface area contributed by atoms with E-state index < -0.39 is 12.3 Å². The number of amides is 1. The molecule has 28 heavy (non-hydrogen) atoms. The minimum absolute atomic E-state index is 0.0203. The van der Waals surface area contributed by atoms with Crippen molar-refractivity contribution in [3.8, 4) is 5.75 Å². The maximum Gasteiger partial charge on any atom is 0.262 e. The van der Waals surface area contributed by atoms with Crippen LogP contribution in [0, 0.1) is 12.8 Å². The van der Waals surface area contributed by atoms with Gasteiger partial charge in [-0.05, 0) is 55.7 Å². The molecule has 4 rings (SSSR count). The van der Waals surface area contributed by atoms with E-state index in [1.54, 1.807) is 0 Å². The van der Waals surface area contributed by atoms with Crippen LogP contribution in [0.2, 0.25) is 0 Å². The van der Waals surface area contributed by atoms with Gasteiger partial charge in [0.05, 0.1) is 5.69 Å². The lowest BCUT2D eigenvalue weighted by Crippen LogP contribution is -2.35. The first-order chi connectivity index (χ1) is 13.5. The number of anilines is 4. The van der Waals surface area contributed by atoms with Crippen molar-refractivity contribution in [3.05, 3.63) is 42.0 Å². The molecule has 0 atom stereocenters. The van der Waals surface area contributed by atoms with E-state index in [2.05, 4.69) is 21.6 Å². The molecule has 0 saturated carbocycles. The number of nitrogens with zero attached hydrogens (tertiary/aromatic N) is 1. The molecule has 0 aliphatic carbocycles. The first kappa shape index (κ1) is 18.5. The van der Waals surface area contributed by atoms with Gasteiger partial charge in [0.25, 0.3) is 5.91 Å². The Bertz CT molecular complexity index is 880. The minimum Gasteiger partial charge on any atom is -0.482 e. The van der Waals surface area contributed by atoms with Crippen molar-refractivity contribution in [1.82, 2.24) is 0 Å². The van der Waals surface area contributed by atoms with Gasteiger partial charge in [-0.1, -0.05) is 0 Å². The average Bonchev–Trinajstić information content (AvgIpc) is 2.69. The molecule has 0 unspecified atom stereocenters. The molecule has 0 spiro atoms. The molecule has 2 heterocycles. The van der Waals surface area contributed by atoms with Gasteiger partial charge < -0.3 is 20.3 Å². The third-order valence-electron chi connectivity index (χ3n) is 5.36. The van der Waals surface area contributed by atoms with Crippen molar-refractivity contribution >= 4 is 28.7 Å². The van der Waals surface area contributed by atoms with Crippen molar-refractivity contribution in [2.24, 2.45) is 5.92 Å². The number of carbonyl (C=O) groups is 1. The number of hydrogen-bond donors (Lipinski definition) is 2. The number of alkyl halides is 2. The van der Waals surface area contributed by atoms with Crippen molar-refractivity contribution in [2.45, 2.75) is 26.2 Å². The number of carbonyl (C=O) groups excluding carboxylic acids is 1. The van der Waals surface area contributed by atoms with E-state index in [1.165, 1.54) is 0 Å². The lowest BCUT2D eigenvalue weighted by atomic mass is 9.97. The van der Waals surface area contributed by atoms with Gasteiger partial charge in [-0.2, -0.15) is 0 Å². The zero-order chi connectivity index (χ0) is 19.7. The summed E-state index contributed by atoms with van der Waals surface area (Å²) >= 11 is 0. The summed E-state index contributed by atoms with van der Waals surface area (Å²) < 4.78 is 31.1. The van der Waals surface area contributed by atoms with Crippen LogP contribution in [0.3, 0.4) is 0 Å². The summed E-state index contributed by atoms with van der Waals surface area (Å²) in [4.78, 5) is 13.5. The monoisotopic (exact) mass is 387 g/mol. The molecular weight excluding hydrogens is 364 g/mol. The molecule has 148 valence electrons. The zero-order valence-corrected chi connectivity index (χ0v) is 15.7. The molecule has 0 bridgehead atoms. The first-order valence-corrected chi connectivity index (χ1v) is 9.47. The van der Waals surface area contributed by atoms with Crippen LogP contribution in [0.25, 0.3) is 0 Å². The Morgan fingerprint density at radius 1 is 1.18 bits per heavy atom. The Morgan fingerprint density at radius 3 is 2.68 bits per heavy atom. The molecule has 0 radical (unpaired) electrons. The van der Waals surface area contributed by atoms with Crippen LogP contribution in [-0.2, 0) is 4.79 Å². The fraction of sp³-hybridized carbons (Fsp3) is 0.381. The summed E-state index contributed by atoms with van der Waals surface area (Å²) in [6.07, 6.45) is -1.16. The summed E-state index contributed by atoms with van der Waals surface area (Å²) in [5.41, 5.74) is 4.63. The van der Waals surface area contributed by atoms with Gasteiger partial charge >= 0.3 is 0 Å². The quantitative estimate of drug-likeness (QED) is 0.808. The van der Waals surface area contributed by atoms with Gasteiger partial charge in [-0.25, -0.2) is 8.78 Å². The fourth-order valence-electron chi connectivity index (χ4n) is 3.70. The smallest absolute Gasteiger partial charge is 0.262 e. The van der Waals surface area contributed by atoms with Crippen LogP contribution in [0.4, 0.5) is 31.5 Å². The third kappa shape index (κ3) is 3.88. The molecule has 7 heteroatoms. The topological polar surface area (TPSA) is 53.6 Å². The molecular formula is C21H23F2N3O2. The van der Waals surface area contributed by atoms with Crippen molar-refractivity contribution in [1.29, 1.82) is 0 Å². The van der Waals surface area contributed by atoms with E-state index in [9.17, 15) is 13.6 Å². The minimum atomic E-state index is -2.22. The van der Waals surface area contributed by atoms with Gasteiger partial charge in [-0.3, -0.25) is 4.79 Å². The number of halogens is 2. The lowest BCUT2D eigenvalue weighted by molar-refractivity contribution is -0.118. The van der Waals surface area contributed by atoms with Gasteiger partial charge in [0.1, 0.15) is 5.75 Å². The van der Waals surface area contributed by atoms with Gasteiger partial charge in [0.15, 0.2) is 6.61 Å². The maximum atomic E-state index is 12.8. The summed E-state index contributed by atoms with van der Waals surface area (Å²) in [6.45, 7) is 3.36. The molecule has 1 fully saturated rings. The molecule has 1 amide bonds. The standard InChI is InChI=1S/C21H23F2N3O2/c1-13-10-16(26-8-6-14(7-9-26)21(22)23)3-5-17(13)24-15-2-4-18-19(11-15)28-12-20(27)25-18/h2-5,10-11,14,21,24H,6-9,12H2,1H3,(H,25,27). The van der Waals surface area contributed by atoms with E-state index in [1.807, 2.05) is 37.3 Å². The normalized spacial score (nSPS) is 17.1. The second-order valence-electron chi connectivity index (χ2n) is 7.33. The fourth-order valence-corrected chi connectivity index (χ4v) is 3.70. The lowest BCUT2D eigenvalue weighted by Gasteiger charge is -2.33. The van der Waals surface area contributed by atoms with Gasteiger partial charge in [0.2, 0.25) is 6.43 Å². The first-order valence-electron chi connectivity index (χ1n) is 9.47. The highest BCUT2D eigenvalue weighted by Gasteiger charge is 2.26. The van der Waals surface area contributed by atoms with Crippen LogP contribution in [0.5, 0.6) is 5.75 Å². The highest BCUT2D eigenvalue weighted by molar-refractivity contribution is 5.95. The van der Waals surface area contributed by atoms with E-state index in [4.69, 9.17) is 4.74 Å². The predicted molar refractivity (Wildman–Crippen MR) is 106 cm³/mol. The zero-order valence-electron chi connectivity index (χ0n) is 15.7. The van der Waals surface area contributed by atoms with Gasteiger partial charge in [0, 0.05) is 42.1 Å². The number of aryl methyl sites for hydroxylation is 1. The Labute approximate surface area is 162 Å². The van der Waals surface area contributed by atoms with E-state index in [-0.39, 0.29) is 12.5 Å². The highest BCUT2D eigenvalue weighted by atomic mass is 19.3. The van der Waals surface area contributed by atoms with Crippen LogP contribution < -0.4 is 20.3 Å². The summed E-state index contributed by atoms with van der Waals surface area (Å²) in [5.74, 6) is 0.00676. The number of ether oxygens (including phenoxy) is 1. The molecule has 2 N–H and O–H groups in total. The third-order valence-corrected chi connectivity index (χ3v) is 5.36. The molecule has 5 nitrogen and oxygen atoms in total. The number of benzene rings is 2. The number of piperidine rings is 1. The molecule has 2 aliphatic heterocycles. The summed E-state index contributed by atoms with van der Waals surface area (Å²) in [6, 6.07) is 11.7. The number of rotatable bonds is 4. The number of hydrogen-bond acceptors (Lipinski definition) is 4. The molecule has 1 saturated heterocycles. The summed E-state index contributed by atoms with van der Waals surface area (Å²) in [5, 5.41) is 6.15. The second kappa shape index (κ2) is 7.66. The predicted octanol–water partition coefficient (Wildman–Crippen LogP) is 4.55. The summed E-state index contributed by atoms with van der Waals surface area (Å²) in [7, 11) is 0. The Balaban J connectivity index is 1.45. The van der Waals surface area contributed by atoms with Crippen molar-refractivity contribution in [2.75, 3.05) is 35.2 Å². The van der Waals surface area contributed by atoms with Crippen molar-refractivity contribution in [3.63, 3.8) is 0 Å². The SMILES string of the molecule is Cc1cc(N2CCC(C(F)F)CC2)ccc1Nc1ccc2c(c1)OCC(=O)N2. The van der Waals surface area contributed by atoms with E-state index >= 15 is 0 Å². The molecule has 0 aromatic heterocycles. The maximum absolute atomic E-state index is 12.8.